The second-order valence-electron chi connectivity index (χ2n) is 6.77. The van der Waals surface area contributed by atoms with Crippen molar-refractivity contribution in [1.29, 1.82) is 0 Å². The molecule has 0 amide bonds. The zero-order valence-corrected chi connectivity index (χ0v) is 13.7. The Bertz CT molecular complexity index is 402. The van der Waals surface area contributed by atoms with Gasteiger partial charge in [0.15, 0.2) is 0 Å². The largest absolute Gasteiger partial charge is 0.310 e. The first kappa shape index (κ1) is 15.6. The Morgan fingerprint density at radius 3 is 2.30 bits per heavy atom. The molecule has 2 rings (SSSR count). The summed E-state index contributed by atoms with van der Waals surface area (Å²) in [7, 11) is 0. The predicted molar refractivity (Wildman–Crippen MR) is 87.9 cm³/mol. The molecule has 3 unspecified atom stereocenters. The van der Waals surface area contributed by atoms with Crippen molar-refractivity contribution in [1.82, 2.24) is 5.32 Å². The van der Waals surface area contributed by atoms with Gasteiger partial charge in [0.05, 0.1) is 0 Å². The SMILES string of the molecule is CCNC(c1ccccc1CC)C1CC(C)CC(C)C1. The lowest BCUT2D eigenvalue weighted by molar-refractivity contribution is 0.177. The predicted octanol–water partition coefficient (Wildman–Crippen LogP) is 4.97. The molecule has 1 saturated carbocycles. The first-order valence-electron chi connectivity index (χ1n) is 8.46. The van der Waals surface area contributed by atoms with E-state index in [1.165, 1.54) is 24.8 Å². The maximum Gasteiger partial charge on any atom is 0.0351 e. The molecule has 1 nitrogen and oxygen atoms in total. The first-order chi connectivity index (χ1) is 9.65. The van der Waals surface area contributed by atoms with Gasteiger partial charge in [-0.05, 0) is 61.1 Å². The molecule has 20 heavy (non-hydrogen) atoms. The third-order valence-corrected chi connectivity index (χ3v) is 4.88. The molecule has 3 atom stereocenters. The van der Waals surface area contributed by atoms with Gasteiger partial charge >= 0.3 is 0 Å². The van der Waals surface area contributed by atoms with Gasteiger partial charge < -0.3 is 5.32 Å². The van der Waals surface area contributed by atoms with Crippen LogP contribution in [0.25, 0.3) is 0 Å². The van der Waals surface area contributed by atoms with Gasteiger partial charge in [-0.25, -0.2) is 0 Å². The highest BCUT2D eigenvalue weighted by atomic mass is 14.9. The fraction of sp³-hybridized carbons (Fsp3) is 0.684. The van der Waals surface area contributed by atoms with Crippen LogP contribution >= 0.6 is 0 Å². The molecule has 1 aromatic rings. The van der Waals surface area contributed by atoms with Crippen LogP contribution in [0.4, 0.5) is 0 Å². The molecular weight excluding hydrogens is 242 g/mol. The molecule has 0 saturated heterocycles. The van der Waals surface area contributed by atoms with Crippen LogP contribution in [0.1, 0.15) is 64.1 Å². The van der Waals surface area contributed by atoms with E-state index in [9.17, 15) is 0 Å². The summed E-state index contributed by atoms with van der Waals surface area (Å²) in [5.41, 5.74) is 3.06. The molecule has 112 valence electrons. The summed E-state index contributed by atoms with van der Waals surface area (Å²) in [4.78, 5) is 0. The summed E-state index contributed by atoms with van der Waals surface area (Å²) in [5, 5.41) is 3.78. The van der Waals surface area contributed by atoms with Crippen molar-refractivity contribution in [3.05, 3.63) is 35.4 Å². The molecule has 0 radical (unpaired) electrons. The summed E-state index contributed by atoms with van der Waals surface area (Å²) >= 11 is 0. The Hall–Kier alpha value is -0.820. The van der Waals surface area contributed by atoms with Gasteiger partial charge in [-0.2, -0.15) is 0 Å². The number of nitrogens with one attached hydrogen (secondary N) is 1. The van der Waals surface area contributed by atoms with Gasteiger partial charge in [0, 0.05) is 6.04 Å². The maximum atomic E-state index is 3.78. The molecule has 0 bridgehead atoms. The minimum Gasteiger partial charge on any atom is -0.310 e. The number of rotatable bonds is 5. The quantitative estimate of drug-likeness (QED) is 0.798. The third-order valence-electron chi connectivity index (χ3n) is 4.88. The number of hydrogen-bond donors (Lipinski definition) is 1. The van der Waals surface area contributed by atoms with Crippen molar-refractivity contribution in [3.63, 3.8) is 0 Å². The summed E-state index contributed by atoms with van der Waals surface area (Å²) in [6.45, 7) is 10.4. The van der Waals surface area contributed by atoms with E-state index in [1.807, 2.05) is 0 Å². The molecule has 1 aliphatic rings. The molecule has 0 spiro atoms. The van der Waals surface area contributed by atoms with Gasteiger partial charge in [0.1, 0.15) is 0 Å². The normalized spacial score (nSPS) is 28.3. The van der Waals surface area contributed by atoms with Crippen molar-refractivity contribution < 1.29 is 0 Å². The van der Waals surface area contributed by atoms with Crippen LogP contribution in [0.5, 0.6) is 0 Å². The summed E-state index contributed by atoms with van der Waals surface area (Å²) in [5.74, 6) is 2.54. The zero-order valence-electron chi connectivity index (χ0n) is 13.7. The Labute approximate surface area is 125 Å². The Kier molecular flexibility index (Phi) is 5.65. The molecule has 1 aliphatic carbocycles. The highest BCUT2D eigenvalue weighted by molar-refractivity contribution is 5.30. The van der Waals surface area contributed by atoms with E-state index in [4.69, 9.17) is 0 Å². The van der Waals surface area contributed by atoms with E-state index >= 15 is 0 Å². The van der Waals surface area contributed by atoms with Crippen molar-refractivity contribution in [3.8, 4) is 0 Å². The Balaban J connectivity index is 2.25. The molecule has 0 aromatic heterocycles. The highest BCUT2D eigenvalue weighted by Gasteiger charge is 2.31. The second kappa shape index (κ2) is 7.26. The lowest BCUT2D eigenvalue weighted by Gasteiger charge is -2.37. The molecule has 1 aromatic carbocycles. The number of hydrogen-bond acceptors (Lipinski definition) is 1. The topological polar surface area (TPSA) is 12.0 Å². The standard InChI is InChI=1S/C19H31N/c1-5-16-9-7-8-10-18(16)19(20-6-2)17-12-14(3)11-15(4)13-17/h7-10,14-15,17,19-20H,5-6,11-13H2,1-4H3. The van der Waals surface area contributed by atoms with Crippen molar-refractivity contribution in [2.75, 3.05) is 6.54 Å². The van der Waals surface area contributed by atoms with E-state index in [1.54, 1.807) is 5.56 Å². The number of benzene rings is 1. The van der Waals surface area contributed by atoms with Gasteiger partial charge in [0.2, 0.25) is 0 Å². The lowest BCUT2D eigenvalue weighted by atomic mass is 9.72. The fourth-order valence-electron chi connectivity index (χ4n) is 4.19. The molecule has 0 heterocycles. The van der Waals surface area contributed by atoms with Crippen LogP contribution in [-0.4, -0.2) is 6.54 Å². The van der Waals surface area contributed by atoms with Crippen LogP contribution in [0.3, 0.4) is 0 Å². The first-order valence-corrected chi connectivity index (χ1v) is 8.46. The van der Waals surface area contributed by atoms with Crippen molar-refractivity contribution in [2.45, 2.75) is 59.4 Å². The Morgan fingerprint density at radius 1 is 1.05 bits per heavy atom. The van der Waals surface area contributed by atoms with Crippen LogP contribution < -0.4 is 5.32 Å². The fourth-order valence-corrected chi connectivity index (χ4v) is 4.19. The monoisotopic (exact) mass is 273 g/mol. The highest BCUT2D eigenvalue weighted by Crippen LogP contribution is 2.40. The van der Waals surface area contributed by atoms with Gasteiger partial charge in [-0.15, -0.1) is 0 Å². The Morgan fingerprint density at radius 2 is 1.70 bits per heavy atom. The van der Waals surface area contributed by atoms with Crippen LogP contribution in [0.2, 0.25) is 0 Å². The van der Waals surface area contributed by atoms with Gasteiger partial charge in [-0.3, -0.25) is 0 Å². The third kappa shape index (κ3) is 3.63. The molecule has 1 fully saturated rings. The number of aryl methyl sites for hydroxylation is 1. The summed E-state index contributed by atoms with van der Waals surface area (Å²) < 4.78 is 0. The summed E-state index contributed by atoms with van der Waals surface area (Å²) in [6.07, 6.45) is 5.29. The van der Waals surface area contributed by atoms with E-state index < -0.39 is 0 Å². The van der Waals surface area contributed by atoms with Crippen molar-refractivity contribution >= 4 is 0 Å². The van der Waals surface area contributed by atoms with Crippen LogP contribution in [0.15, 0.2) is 24.3 Å². The smallest absolute Gasteiger partial charge is 0.0351 e. The van der Waals surface area contributed by atoms with Gasteiger partial charge in [-0.1, -0.05) is 52.0 Å². The summed E-state index contributed by atoms with van der Waals surface area (Å²) in [6, 6.07) is 9.57. The molecule has 0 aliphatic heterocycles. The van der Waals surface area contributed by atoms with E-state index in [0.29, 0.717) is 6.04 Å². The van der Waals surface area contributed by atoms with Gasteiger partial charge in [0.25, 0.3) is 0 Å². The molecule has 1 N–H and O–H groups in total. The average Bonchev–Trinajstić information content (AvgIpc) is 2.43. The zero-order chi connectivity index (χ0) is 14.5. The van der Waals surface area contributed by atoms with Crippen LogP contribution in [0, 0.1) is 17.8 Å². The van der Waals surface area contributed by atoms with Crippen molar-refractivity contribution in [2.24, 2.45) is 17.8 Å². The van der Waals surface area contributed by atoms with E-state index in [-0.39, 0.29) is 0 Å². The molecule has 1 heteroatoms. The second-order valence-corrected chi connectivity index (χ2v) is 6.77. The average molecular weight is 273 g/mol. The lowest BCUT2D eigenvalue weighted by Crippen LogP contribution is -2.33. The van der Waals surface area contributed by atoms with E-state index in [2.05, 4.69) is 57.3 Å². The maximum absolute atomic E-state index is 3.78. The van der Waals surface area contributed by atoms with Crippen LogP contribution in [-0.2, 0) is 6.42 Å². The minimum atomic E-state index is 0.543. The molecular formula is C19H31N. The minimum absolute atomic E-state index is 0.543. The van der Waals surface area contributed by atoms with E-state index in [0.717, 1.165) is 30.7 Å².